The van der Waals surface area contributed by atoms with Gasteiger partial charge in [-0.2, -0.15) is 4.37 Å². The Balaban J connectivity index is 1.17. The molecule has 1 fully saturated rings. The van der Waals surface area contributed by atoms with Crippen LogP contribution in [0.15, 0.2) is 54.6 Å². The van der Waals surface area contributed by atoms with E-state index in [2.05, 4.69) is 24.8 Å². The largest absolute Gasteiger partial charge is 0.344 e. The molecule has 9 heteroatoms. The molecule has 2 N–H and O–H groups in total. The van der Waals surface area contributed by atoms with Gasteiger partial charge in [-0.05, 0) is 29.8 Å². The van der Waals surface area contributed by atoms with E-state index in [0.717, 1.165) is 60.0 Å². The summed E-state index contributed by atoms with van der Waals surface area (Å²) in [6, 6.07) is 17.1. The van der Waals surface area contributed by atoms with E-state index in [1.165, 1.54) is 11.5 Å². The van der Waals surface area contributed by atoms with Crippen molar-refractivity contribution in [3.05, 3.63) is 71.0 Å². The lowest BCUT2D eigenvalue weighted by molar-refractivity contribution is 0.240. The summed E-state index contributed by atoms with van der Waals surface area (Å²) in [7, 11) is 0. The lowest BCUT2D eigenvalue weighted by atomic mass is 10.1. The highest BCUT2D eigenvalue weighted by Gasteiger charge is 2.20. The molecule has 0 atom stereocenters. The zero-order valence-corrected chi connectivity index (χ0v) is 18.7. The Labute approximate surface area is 191 Å². The second kappa shape index (κ2) is 10.6. The third kappa shape index (κ3) is 6.40. The molecule has 0 bridgehead atoms. The number of hydrogen-bond acceptors (Lipinski definition) is 6. The van der Waals surface area contributed by atoms with Crippen molar-refractivity contribution in [3.63, 3.8) is 0 Å². The van der Waals surface area contributed by atoms with Crippen LogP contribution in [0, 0.1) is 0 Å². The van der Waals surface area contributed by atoms with E-state index in [1.807, 2.05) is 54.6 Å². The Kier molecular flexibility index (Phi) is 7.35. The van der Waals surface area contributed by atoms with Crippen LogP contribution in [0.1, 0.15) is 11.4 Å². The number of carbonyl (C=O) groups is 1. The number of nitrogens with one attached hydrogen (secondary N) is 2. The van der Waals surface area contributed by atoms with Crippen LogP contribution in [0.4, 0.5) is 15.6 Å². The van der Waals surface area contributed by atoms with Crippen LogP contribution in [-0.2, 0) is 6.42 Å². The monoisotopic (exact) mass is 456 g/mol. The van der Waals surface area contributed by atoms with Crippen molar-refractivity contribution in [1.82, 2.24) is 19.6 Å². The number of halogens is 1. The van der Waals surface area contributed by atoms with Gasteiger partial charge in [-0.15, -0.1) is 0 Å². The molecular weight excluding hydrogens is 432 g/mol. The number of carbonyl (C=O) groups excluding carboxylic acids is 1. The maximum Gasteiger partial charge on any atom is 0.319 e. The van der Waals surface area contributed by atoms with E-state index in [1.54, 1.807) is 0 Å². The van der Waals surface area contributed by atoms with Gasteiger partial charge in [0.1, 0.15) is 5.82 Å². The summed E-state index contributed by atoms with van der Waals surface area (Å²) < 4.78 is 4.52. The van der Waals surface area contributed by atoms with Gasteiger partial charge in [0.05, 0.1) is 0 Å². The minimum absolute atomic E-state index is 0.174. The Bertz CT molecular complexity index is 973. The summed E-state index contributed by atoms with van der Waals surface area (Å²) >= 11 is 7.41. The highest BCUT2D eigenvalue weighted by molar-refractivity contribution is 7.09. The van der Waals surface area contributed by atoms with Gasteiger partial charge in [-0.3, -0.25) is 4.90 Å². The Morgan fingerprint density at radius 3 is 2.52 bits per heavy atom. The predicted octanol–water partition coefficient (Wildman–Crippen LogP) is 3.73. The molecule has 3 aromatic rings. The van der Waals surface area contributed by atoms with Crippen molar-refractivity contribution in [1.29, 1.82) is 0 Å². The predicted molar refractivity (Wildman–Crippen MR) is 126 cm³/mol. The summed E-state index contributed by atoms with van der Waals surface area (Å²) in [6.07, 6.45) is 0.713. The normalized spacial score (nSPS) is 14.4. The van der Waals surface area contributed by atoms with Gasteiger partial charge in [0, 0.05) is 67.9 Å². The zero-order chi connectivity index (χ0) is 21.5. The van der Waals surface area contributed by atoms with Gasteiger partial charge >= 0.3 is 6.03 Å². The van der Waals surface area contributed by atoms with E-state index in [9.17, 15) is 4.79 Å². The number of benzene rings is 2. The fraction of sp³-hybridized carbons (Fsp3) is 0.318. The van der Waals surface area contributed by atoms with E-state index in [-0.39, 0.29) is 6.03 Å². The summed E-state index contributed by atoms with van der Waals surface area (Å²) in [5.41, 5.74) is 1.95. The summed E-state index contributed by atoms with van der Waals surface area (Å²) in [5.74, 6) is 0.846. The van der Waals surface area contributed by atoms with Crippen LogP contribution >= 0.6 is 23.1 Å². The summed E-state index contributed by atoms with van der Waals surface area (Å²) in [5, 5.41) is 7.46. The highest BCUT2D eigenvalue weighted by atomic mass is 35.5. The molecule has 7 nitrogen and oxygen atoms in total. The van der Waals surface area contributed by atoms with Crippen molar-refractivity contribution in [3.8, 4) is 0 Å². The van der Waals surface area contributed by atoms with Crippen LogP contribution in [0.25, 0.3) is 0 Å². The molecule has 0 aliphatic carbocycles. The number of urea groups is 1. The smallest absolute Gasteiger partial charge is 0.319 e. The minimum atomic E-state index is -0.174. The van der Waals surface area contributed by atoms with Crippen molar-refractivity contribution in [2.24, 2.45) is 0 Å². The first-order valence-electron chi connectivity index (χ1n) is 10.3. The van der Waals surface area contributed by atoms with Gasteiger partial charge in [0.25, 0.3) is 0 Å². The van der Waals surface area contributed by atoms with Crippen LogP contribution in [0.2, 0.25) is 5.02 Å². The lowest BCUT2D eigenvalue weighted by Gasteiger charge is -2.34. The number of piperazine rings is 1. The van der Waals surface area contributed by atoms with Crippen molar-refractivity contribution in [2.45, 2.75) is 6.42 Å². The Hall–Kier alpha value is -2.68. The number of hydrogen-bond donors (Lipinski definition) is 2. The number of nitrogens with zero attached hydrogens (tertiary/aromatic N) is 4. The van der Waals surface area contributed by atoms with Gasteiger partial charge in [0.2, 0.25) is 5.13 Å². The molecule has 1 saturated heterocycles. The molecule has 4 rings (SSSR count). The summed E-state index contributed by atoms with van der Waals surface area (Å²) in [6.45, 7) is 5.14. The minimum Gasteiger partial charge on any atom is -0.344 e. The fourth-order valence-corrected chi connectivity index (χ4v) is 4.28. The first kappa shape index (κ1) is 21.5. The zero-order valence-electron chi connectivity index (χ0n) is 17.1. The first-order valence-corrected chi connectivity index (χ1v) is 11.4. The first-order chi connectivity index (χ1) is 15.2. The number of anilines is 2. The van der Waals surface area contributed by atoms with Crippen molar-refractivity contribution in [2.75, 3.05) is 49.5 Å². The van der Waals surface area contributed by atoms with Gasteiger partial charge < -0.3 is 15.5 Å². The molecule has 0 unspecified atom stereocenters. The van der Waals surface area contributed by atoms with Crippen LogP contribution in [0.3, 0.4) is 0 Å². The van der Waals surface area contributed by atoms with Crippen molar-refractivity contribution < 1.29 is 4.79 Å². The molecule has 0 spiro atoms. The molecular formula is C22H25ClN6OS. The lowest BCUT2D eigenvalue weighted by Crippen LogP contribution is -2.48. The number of aromatic nitrogens is 2. The van der Waals surface area contributed by atoms with Crippen LogP contribution in [0.5, 0.6) is 0 Å². The van der Waals surface area contributed by atoms with E-state index in [0.29, 0.717) is 13.0 Å². The van der Waals surface area contributed by atoms with Crippen LogP contribution < -0.4 is 15.5 Å². The average Bonchev–Trinajstić information content (AvgIpc) is 3.25. The quantitative estimate of drug-likeness (QED) is 0.566. The molecule has 0 radical (unpaired) electrons. The van der Waals surface area contributed by atoms with Crippen LogP contribution in [-0.4, -0.2) is 59.6 Å². The number of rotatable bonds is 7. The Morgan fingerprint density at radius 2 is 1.77 bits per heavy atom. The Morgan fingerprint density at radius 1 is 1.03 bits per heavy atom. The van der Waals surface area contributed by atoms with Gasteiger partial charge in [0.15, 0.2) is 0 Å². The molecule has 2 amide bonds. The second-order valence-corrected chi connectivity index (χ2v) is 8.54. The molecule has 1 aromatic heterocycles. The topological polar surface area (TPSA) is 73.4 Å². The molecule has 31 heavy (non-hydrogen) atoms. The molecule has 1 aliphatic heterocycles. The molecule has 2 heterocycles. The van der Waals surface area contributed by atoms with Gasteiger partial charge in [-0.25, -0.2) is 9.78 Å². The third-order valence-corrected chi connectivity index (χ3v) is 6.19. The molecule has 2 aromatic carbocycles. The molecule has 1 aliphatic rings. The maximum atomic E-state index is 12.0. The second-order valence-electron chi connectivity index (χ2n) is 7.37. The fourth-order valence-electron chi connectivity index (χ4n) is 3.42. The van der Waals surface area contributed by atoms with E-state index in [4.69, 9.17) is 16.6 Å². The summed E-state index contributed by atoms with van der Waals surface area (Å²) in [4.78, 5) is 21.3. The standard InChI is InChI=1S/C22H25ClN6OS/c23-18-8-6-17(7-9-18)16-20-26-22(31-27-20)29-14-12-28(13-15-29)11-10-24-21(30)25-19-4-2-1-3-5-19/h1-9H,10-16H2,(H2,24,25,30). The molecule has 0 saturated carbocycles. The van der Waals surface area contributed by atoms with E-state index < -0.39 is 0 Å². The van der Waals surface area contributed by atoms with E-state index >= 15 is 0 Å². The highest BCUT2D eigenvalue weighted by Crippen LogP contribution is 2.21. The molecule has 162 valence electrons. The SMILES string of the molecule is O=C(NCCN1CCN(c2nc(Cc3ccc(Cl)cc3)ns2)CC1)Nc1ccccc1. The third-order valence-electron chi connectivity index (χ3n) is 5.12. The maximum absolute atomic E-state index is 12.0. The number of amides is 2. The number of para-hydroxylation sites is 1. The van der Waals surface area contributed by atoms with Crippen molar-refractivity contribution >= 4 is 40.0 Å². The van der Waals surface area contributed by atoms with Gasteiger partial charge in [-0.1, -0.05) is 41.9 Å². The average molecular weight is 457 g/mol.